The number of likely N-dealkylation sites (tertiary alicyclic amines) is 1. The molecule has 0 bridgehead atoms. The molecule has 3 aromatic rings. The quantitative estimate of drug-likeness (QED) is 0.654. The molecule has 1 fully saturated rings. The van der Waals surface area contributed by atoms with E-state index < -0.39 is 11.9 Å². The number of rotatable bonds is 2. The van der Waals surface area contributed by atoms with E-state index in [1.165, 1.54) is 10.9 Å². The number of fused-ring (bicyclic) bond motifs is 1. The highest BCUT2D eigenvalue weighted by molar-refractivity contribution is 6.00. The molecule has 0 N–H and O–H groups in total. The van der Waals surface area contributed by atoms with Crippen molar-refractivity contribution >= 4 is 11.6 Å². The Morgan fingerprint density at radius 3 is 2.66 bits per heavy atom. The van der Waals surface area contributed by atoms with Gasteiger partial charge in [0, 0.05) is 31.4 Å². The second-order valence-electron chi connectivity index (χ2n) is 7.46. The zero-order valence-electron chi connectivity index (χ0n) is 16.4. The van der Waals surface area contributed by atoms with Crippen molar-refractivity contribution in [3.63, 3.8) is 0 Å². The lowest BCUT2D eigenvalue weighted by Gasteiger charge is -2.33. The number of nitrogens with zero attached hydrogens (tertiary/aromatic N) is 6. The Morgan fingerprint density at radius 2 is 2.03 bits per heavy atom. The lowest BCUT2D eigenvalue weighted by atomic mass is 10.0. The second kappa shape index (κ2) is 6.85. The number of aromatic nitrogens is 5. The third-order valence-electron chi connectivity index (χ3n) is 5.35. The van der Waals surface area contributed by atoms with E-state index in [0.29, 0.717) is 22.3 Å². The van der Waals surface area contributed by atoms with Gasteiger partial charge in [-0.05, 0) is 39.2 Å². The fourth-order valence-corrected chi connectivity index (χ4v) is 3.86. The van der Waals surface area contributed by atoms with Gasteiger partial charge in [0.1, 0.15) is 5.56 Å². The molecule has 1 aliphatic rings. The normalized spacial score (nSPS) is 17.9. The summed E-state index contributed by atoms with van der Waals surface area (Å²) in [6, 6.07) is 0.971. The number of halogens is 3. The Hall–Kier alpha value is -2.91. The second-order valence-corrected chi connectivity index (χ2v) is 7.46. The van der Waals surface area contributed by atoms with E-state index in [4.69, 9.17) is 0 Å². The minimum absolute atomic E-state index is 0.0250. The number of hydrogen-bond donors (Lipinski definition) is 0. The first-order valence-electron chi connectivity index (χ1n) is 9.44. The van der Waals surface area contributed by atoms with Crippen molar-refractivity contribution in [2.45, 2.75) is 45.3 Å². The van der Waals surface area contributed by atoms with Crippen molar-refractivity contribution < 1.29 is 18.0 Å². The van der Waals surface area contributed by atoms with E-state index in [1.807, 2.05) is 6.92 Å². The standard InChI is InChI=1S/C19H21F3N6O/c1-11-6-4-5-7-27(11)18(29)13-9-23-28-16(19(20,21)22)8-15(24-17(13)28)14-10-26(3)25-12(14)2/h8-11H,4-7H2,1-3H3/t11-/m0/s1. The van der Waals surface area contributed by atoms with Crippen molar-refractivity contribution in [1.29, 1.82) is 0 Å². The van der Waals surface area contributed by atoms with Crippen LogP contribution in [0.2, 0.25) is 0 Å². The minimum Gasteiger partial charge on any atom is -0.336 e. The van der Waals surface area contributed by atoms with Crippen molar-refractivity contribution in [1.82, 2.24) is 29.3 Å². The van der Waals surface area contributed by atoms with Gasteiger partial charge in [0.25, 0.3) is 5.91 Å². The predicted molar refractivity (Wildman–Crippen MR) is 99.3 cm³/mol. The molecular weight excluding hydrogens is 385 g/mol. The molecule has 0 aliphatic carbocycles. The summed E-state index contributed by atoms with van der Waals surface area (Å²) in [7, 11) is 1.69. The van der Waals surface area contributed by atoms with Crippen LogP contribution >= 0.6 is 0 Å². The van der Waals surface area contributed by atoms with Crippen LogP contribution in [0.25, 0.3) is 16.9 Å². The van der Waals surface area contributed by atoms with Gasteiger partial charge in [-0.25, -0.2) is 9.50 Å². The average Bonchev–Trinajstić information content (AvgIpc) is 3.22. The smallest absolute Gasteiger partial charge is 0.336 e. The molecule has 4 rings (SSSR count). The molecule has 1 atom stereocenters. The fourth-order valence-electron chi connectivity index (χ4n) is 3.86. The largest absolute Gasteiger partial charge is 0.433 e. The van der Waals surface area contributed by atoms with Crippen molar-refractivity contribution in [3.8, 4) is 11.3 Å². The van der Waals surface area contributed by atoms with E-state index in [2.05, 4.69) is 15.2 Å². The SMILES string of the molecule is Cc1nn(C)cc1-c1cc(C(F)(F)F)n2ncc(C(=O)N3CCCC[C@@H]3C)c2n1. The van der Waals surface area contributed by atoms with Crippen LogP contribution in [-0.2, 0) is 13.2 Å². The Kier molecular flexibility index (Phi) is 4.59. The summed E-state index contributed by atoms with van der Waals surface area (Å²) < 4.78 is 43.4. The highest BCUT2D eigenvalue weighted by atomic mass is 19.4. The molecule has 0 spiro atoms. The summed E-state index contributed by atoms with van der Waals surface area (Å²) in [5.41, 5.74) is 0.137. The van der Waals surface area contributed by atoms with Crippen LogP contribution in [0, 0.1) is 6.92 Å². The summed E-state index contributed by atoms with van der Waals surface area (Å²) >= 11 is 0. The fraction of sp³-hybridized carbons (Fsp3) is 0.474. The van der Waals surface area contributed by atoms with Gasteiger partial charge in [-0.15, -0.1) is 0 Å². The first kappa shape index (κ1) is 19.4. The van der Waals surface area contributed by atoms with Crippen LogP contribution in [0.15, 0.2) is 18.5 Å². The number of carbonyl (C=O) groups is 1. The molecule has 10 heteroatoms. The first-order valence-corrected chi connectivity index (χ1v) is 9.44. The maximum absolute atomic E-state index is 13.7. The highest BCUT2D eigenvalue weighted by Gasteiger charge is 2.37. The third-order valence-corrected chi connectivity index (χ3v) is 5.35. The Balaban J connectivity index is 1.90. The predicted octanol–water partition coefficient (Wildman–Crippen LogP) is 3.47. The summed E-state index contributed by atoms with van der Waals surface area (Å²) in [5.74, 6) is -0.340. The van der Waals surface area contributed by atoms with Gasteiger partial charge in [-0.1, -0.05) is 0 Å². The van der Waals surface area contributed by atoms with Crippen LogP contribution in [0.3, 0.4) is 0 Å². The number of aryl methyl sites for hydroxylation is 2. The van der Waals surface area contributed by atoms with E-state index in [9.17, 15) is 18.0 Å². The molecule has 7 nitrogen and oxygen atoms in total. The maximum Gasteiger partial charge on any atom is 0.433 e. The van der Waals surface area contributed by atoms with Crippen molar-refractivity contribution in [2.75, 3.05) is 6.54 Å². The zero-order valence-corrected chi connectivity index (χ0v) is 16.4. The van der Waals surface area contributed by atoms with Gasteiger partial charge < -0.3 is 4.90 Å². The van der Waals surface area contributed by atoms with E-state index in [0.717, 1.165) is 25.3 Å². The Labute approximate surface area is 165 Å². The molecule has 29 heavy (non-hydrogen) atoms. The zero-order chi connectivity index (χ0) is 20.9. The molecule has 0 aromatic carbocycles. The van der Waals surface area contributed by atoms with Gasteiger partial charge >= 0.3 is 6.18 Å². The summed E-state index contributed by atoms with van der Waals surface area (Å²) in [6.07, 6.45) is 0.903. The molecule has 1 aliphatic heterocycles. The average molecular weight is 406 g/mol. The number of amides is 1. The van der Waals surface area contributed by atoms with Gasteiger partial charge in [-0.2, -0.15) is 23.4 Å². The van der Waals surface area contributed by atoms with E-state index in [-0.39, 0.29) is 28.9 Å². The lowest BCUT2D eigenvalue weighted by Crippen LogP contribution is -2.42. The topological polar surface area (TPSA) is 68.3 Å². The first-order chi connectivity index (χ1) is 13.7. The molecule has 0 saturated carbocycles. The van der Waals surface area contributed by atoms with Crippen LogP contribution in [-0.4, -0.2) is 47.8 Å². The lowest BCUT2D eigenvalue weighted by molar-refractivity contribution is -0.142. The Morgan fingerprint density at radius 1 is 1.28 bits per heavy atom. The number of carbonyl (C=O) groups excluding carboxylic acids is 1. The van der Waals surface area contributed by atoms with E-state index >= 15 is 0 Å². The van der Waals surface area contributed by atoms with Crippen molar-refractivity contribution in [3.05, 3.63) is 35.4 Å². The Bertz CT molecular complexity index is 1080. The van der Waals surface area contributed by atoms with Crippen LogP contribution < -0.4 is 0 Å². The maximum atomic E-state index is 13.7. The van der Waals surface area contributed by atoms with Crippen molar-refractivity contribution in [2.24, 2.45) is 7.05 Å². The third kappa shape index (κ3) is 3.36. The number of piperidine rings is 1. The molecule has 0 radical (unpaired) electrons. The van der Waals surface area contributed by atoms with Crippen LogP contribution in [0.4, 0.5) is 13.2 Å². The molecule has 154 valence electrons. The molecule has 1 amide bonds. The molecule has 0 unspecified atom stereocenters. The highest BCUT2D eigenvalue weighted by Crippen LogP contribution is 2.33. The van der Waals surface area contributed by atoms with Crippen LogP contribution in [0.5, 0.6) is 0 Å². The molecule has 3 aromatic heterocycles. The van der Waals surface area contributed by atoms with Gasteiger partial charge in [-0.3, -0.25) is 9.48 Å². The summed E-state index contributed by atoms with van der Waals surface area (Å²) in [6.45, 7) is 4.22. The van der Waals surface area contributed by atoms with E-state index in [1.54, 1.807) is 25.1 Å². The molecule has 1 saturated heterocycles. The number of alkyl halides is 3. The minimum atomic E-state index is -4.66. The van der Waals surface area contributed by atoms with Gasteiger partial charge in [0.15, 0.2) is 11.3 Å². The summed E-state index contributed by atoms with van der Waals surface area (Å²) in [4.78, 5) is 19.2. The molecular formula is C19H21F3N6O. The number of hydrogen-bond acceptors (Lipinski definition) is 4. The monoisotopic (exact) mass is 406 g/mol. The van der Waals surface area contributed by atoms with Crippen LogP contribution in [0.1, 0.15) is 47.9 Å². The van der Waals surface area contributed by atoms with Gasteiger partial charge in [0.05, 0.1) is 17.6 Å². The van der Waals surface area contributed by atoms with Gasteiger partial charge in [0.2, 0.25) is 0 Å². The molecule has 4 heterocycles. The summed E-state index contributed by atoms with van der Waals surface area (Å²) in [5, 5.41) is 8.04.